The number of nitrogens with one attached hydrogen (secondary N) is 2. The Morgan fingerprint density at radius 2 is 2.40 bits per heavy atom. The normalized spacial score (nSPS) is 21.1. The van der Waals surface area contributed by atoms with Gasteiger partial charge in [-0.05, 0) is 38.3 Å². The van der Waals surface area contributed by atoms with Crippen LogP contribution in [0.4, 0.5) is 4.79 Å². The fraction of sp³-hybridized carbons (Fsp3) is 0.909. The second-order valence-electron chi connectivity index (χ2n) is 4.21. The molecule has 4 heteroatoms. The van der Waals surface area contributed by atoms with Gasteiger partial charge in [-0.25, -0.2) is 4.79 Å². The summed E-state index contributed by atoms with van der Waals surface area (Å²) in [6, 6.07) is 0.0578. The summed E-state index contributed by atoms with van der Waals surface area (Å²) >= 11 is 0. The summed E-state index contributed by atoms with van der Waals surface area (Å²) < 4.78 is 0. The van der Waals surface area contributed by atoms with E-state index in [1.807, 2.05) is 4.90 Å². The van der Waals surface area contributed by atoms with E-state index in [1.165, 1.54) is 12.8 Å². The molecule has 2 amide bonds. The molecule has 1 rings (SSSR count). The van der Waals surface area contributed by atoms with E-state index in [2.05, 4.69) is 17.6 Å². The van der Waals surface area contributed by atoms with Crippen molar-refractivity contribution in [3.05, 3.63) is 0 Å². The molecule has 0 bridgehead atoms. The van der Waals surface area contributed by atoms with Gasteiger partial charge < -0.3 is 15.5 Å². The zero-order valence-corrected chi connectivity index (χ0v) is 9.88. The highest BCUT2D eigenvalue weighted by molar-refractivity contribution is 5.73. The Bertz CT molecular complexity index is 190. The van der Waals surface area contributed by atoms with Crippen LogP contribution in [-0.2, 0) is 0 Å². The molecular formula is C11H23N3O. The van der Waals surface area contributed by atoms with E-state index in [0.29, 0.717) is 5.92 Å². The first-order chi connectivity index (χ1) is 7.27. The summed E-state index contributed by atoms with van der Waals surface area (Å²) in [5.74, 6) is 0.627. The lowest BCUT2D eigenvalue weighted by molar-refractivity contribution is 0.183. The number of urea groups is 1. The van der Waals surface area contributed by atoms with E-state index < -0.39 is 0 Å². The van der Waals surface area contributed by atoms with Crippen molar-refractivity contribution in [1.82, 2.24) is 15.5 Å². The molecule has 1 fully saturated rings. The first kappa shape index (κ1) is 12.3. The molecule has 0 aromatic rings. The molecule has 1 unspecified atom stereocenters. The van der Waals surface area contributed by atoms with Gasteiger partial charge >= 0.3 is 6.03 Å². The van der Waals surface area contributed by atoms with Crippen LogP contribution in [0.3, 0.4) is 0 Å². The Kier molecular flexibility index (Phi) is 5.47. The maximum absolute atomic E-state index is 11.6. The number of piperidine rings is 1. The Balaban J connectivity index is 2.38. The van der Waals surface area contributed by atoms with Gasteiger partial charge in [-0.15, -0.1) is 0 Å². The smallest absolute Gasteiger partial charge is 0.317 e. The Hall–Kier alpha value is -0.770. The minimum absolute atomic E-state index is 0.0578. The summed E-state index contributed by atoms with van der Waals surface area (Å²) in [5.41, 5.74) is 0. The van der Waals surface area contributed by atoms with Crippen LogP contribution in [0.15, 0.2) is 0 Å². The van der Waals surface area contributed by atoms with E-state index in [9.17, 15) is 4.79 Å². The number of rotatable bonds is 4. The van der Waals surface area contributed by atoms with Gasteiger partial charge in [0.2, 0.25) is 0 Å². The maximum atomic E-state index is 11.6. The van der Waals surface area contributed by atoms with Crippen LogP contribution in [0.25, 0.3) is 0 Å². The van der Waals surface area contributed by atoms with Crippen molar-refractivity contribution in [2.75, 3.05) is 33.2 Å². The summed E-state index contributed by atoms with van der Waals surface area (Å²) in [6.45, 7) is 6.03. The number of carbonyl (C=O) groups is 1. The van der Waals surface area contributed by atoms with Gasteiger partial charge in [-0.2, -0.15) is 0 Å². The molecule has 0 saturated carbocycles. The molecule has 15 heavy (non-hydrogen) atoms. The average Bonchev–Trinajstić information content (AvgIpc) is 2.29. The summed E-state index contributed by atoms with van der Waals surface area (Å²) in [5, 5.41) is 6.09. The van der Waals surface area contributed by atoms with Gasteiger partial charge in [-0.3, -0.25) is 0 Å². The number of hydrogen-bond donors (Lipinski definition) is 2. The lowest BCUT2D eigenvalue weighted by Crippen LogP contribution is -2.44. The van der Waals surface area contributed by atoms with Crippen molar-refractivity contribution in [2.24, 2.45) is 5.92 Å². The molecule has 0 aliphatic carbocycles. The van der Waals surface area contributed by atoms with E-state index in [1.54, 1.807) is 7.05 Å². The van der Waals surface area contributed by atoms with Gasteiger partial charge in [0.15, 0.2) is 0 Å². The molecule has 2 N–H and O–H groups in total. The number of carbonyl (C=O) groups excluding carboxylic acids is 1. The van der Waals surface area contributed by atoms with E-state index in [-0.39, 0.29) is 6.03 Å². The highest BCUT2D eigenvalue weighted by Gasteiger charge is 2.19. The number of hydrogen-bond acceptors (Lipinski definition) is 2. The lowest BCUT2D eigenvalue weighted by atomic mass is 9.99. The summed E-state index contributed by atoms with van der Waals surface area (Å²) in [6.07, 6.45) is 3.50. The second kappa shape index (κ2) is 6.67. The lowest BCUT2D eigenvalue weighted by Gasteiger charge is -2.29. The molecule has 0 radical (unpaired) electrons. The average molecular weight is 213 g/mol. The fourth-order valence-corrected chi connectivity index (χ4v) is 2.10. The van der Waals surface area contributed by atoms with Crippen molar-refractivity contribution in [3.63, 3.8) is 0 Å². The zero-order valence-electron chi connectivity index (χ0n) is 9.88. The van der Waals surface area contributed by atoms with E-state index >= 15 is 0 Å². The molecule has 1 saturated heterocycles. The topological polar surface area (TPSA) is 44.4 Å². The standard InChI is InChI=1S/C11H23N3O/c1-3-7-14(11(15)12-2)9-10-5-4-6-13-8-10/h10,13H,3-9H2,1-2H3,(H,12,15). The molecule has 4 nitrogen and oxygen atoms in total. The summed E-state index contributed by atoms with van der Waals surface area (Å²) in [7, 11) is 1.70. The van der Waals surface area contributed by atoms with Crippen LogP contribution in [0.2, 0.25) is 0 Å². The van der Waals surface area contributed by atoms with Gasteiger partial charge in [0, 0.05) is 20.1 Å². The van der Waals surface area contributed by atoms with Crippen LogP contribution in [0.1, 0.15) is 26.2 Å². The minimum Gasteiger partial charge on any atom is -0.341 e. The second-order valence-corrected chi connectivity index (χ2v) is 4.21. The maximum Gasteiger partial charge on any atom is 0.317 e. The molecule has 1 atom stereocenters. The zero-order chi connectivity index (χ0) is 11.1. The monoisotopic (exact) mass is 213 g/mol. The van der Waals surface area contributed by atoms with Crippen LogP contribution >= 0.6 is 0 Å². The third kappa shape index (κ3) is 4.08. The fourth-order valence-electron chi connectivity index (χ4n) is 2.10. The molecule has 1 aliphatic heterocycles. The Labute approximate surface area is 92.4 Å². The molecule has 88 valence electrons. The summed E-state index contributed by atoms with van der Waals surface area (Å²) in [4.78, 5) is 13.5. The van der Waals surface area contributed by atoms with Crippen molar-refractivity contribution in [1.29, 1.82) is 0 Å². The van der Waals surface area contributed by atoms with Crippen molar-refractivity contribution in [2.45, 2.75) is 26.2 Å². The molecular weight excluding hydrogens is 190 g/mol. The number of amides is 2. The first-order valence-electron chi connectivity index (χ1n) is 5.95. The predicted octanol–water partition coefficient (Wildman–Crippen LogP) is 1.04. The Morgan fingerprint density at radius 1 is 1.60 bits per heavy atom. The van der Waals surface area contributed by atoms with E-state index in [4.69, 9.17) is 0 Å². The van der Waals surface area contributed by atoms with E-state index in [0.717, 1.165) is 32.6 Å². The van der Waals surface area contributed by atoms with Crippen LogP contribution < -0.4 is 10.6 Å². The molecule has 0 aromatic heterocycles. The largest absolute Gasteiger partial charge is 0.341 e. The molecule has 1 heterocycles. The third-order valence-corrected chi connectivity index (χ3v) is 2.87. The molecule has 0 aromatic carbocycles. The first-order valence-corrected chi connectivity index (χ1v) is 5.95. The van der Waals surface area contributed by atoms with Crippen LogP contribution in [0, 0.1) is 5.92 Å². The molecule has 0 spiro atoms. The quantitative estimate of drug-likeness (QED) is 0.733. The van der Waals surface area contributed by atoms with Crippen LogP contribution in [-0.4, -0.2) is 44.2 Å². The minimum atomic E-state index is 0.0578. The van der Waals surface area contributed by atoms with Crippen molar-refractivity contribution >= 4 is 6.03 Å². The van der Waals surface area contributed by atoms with Gasteiger partial charge in [-0.1, -0.05) is 6.92 Å². The number of nitrogens with zero attached hydrogens (tertiary/aromatic N) is 1. The SMILES string of the molecule is CCCN(CC1CCCNC1)C(=O)NC. The highest BCUT2D eigenvalue weighted by atomic mass is 16.2. The molecule has 1 aliphatic rings. The van der Waals surface area contributed by atoms with Crippen molar-refractivity contribution < 1.29 is 4.79 Å². The van der Waals surface area contributed by atoms with Gasteiger partial charge in [0.05, 0.1) is 0 Å². The van der Waals surface area contributed by atoms with Crippen molar-refractivity contribution in [3.8, 4) is 0 Å². The van der Waals surface area contributed by atoms with Gasteiger partial charge in [0.25, 0.3) is 0 Å². The third-order valence-electron chi connectivity index (χ3n) is 2.87. The predicted molar refractivity (Wildman–Crippen MR) is 61.9 cm³/mol. The highest BCUT2D eigenvalue weighted by Crippen LogP contribution is 2.12. The van der Waals surface area contributed by atoms with Crippen LogP contribution in [0.5, 0.6) is 0 Å². The Morgan fingerprint density at radius 3 is 2.93 bits per heavy atom. The van der Waals surface area contributed by atoms with Gasteiger partial charge in [0.1, 0.15) is 0 Å².